The SMILES string of the molecule is CP(C)(=O)C(CC(=O)O)C(=O)O. The van der Waals surface area contributed by atoms with Crippen molar-refractivity contribution >= 4 is 19.1 Å². The predicted molar refractivity (Wildman–Crippen MR) is 43.1 cm³/mol. The van der Waals surface area contributed by atoms with E-state index in [0.717, 1.165) is 0 Å². The van der Waals surface area contributed by atoms with Crippen LogP contribution in [0.25, 0.3) is 0 Å². The Morgan fingerprint density at radius 1 is 1.33 bits per heavy atom. The molecule has 0 spiro atoms. The highest BCUT2D eigenvalue weighted by Crippen LogP contribution is 2.44. The number of carboxylic acids is 2. The van der Waals surface area contributed by atoms with Gasteiger partial charge in [-0.2, -0.15) is 0 Å². The second kappa shape index (κ2) is 3.72. The summed E-state index contributed by atoms with van der Waals surface area (Å²) in [5, 5.41) is 16.8. The van der Waals surface area contributed by atoms with Gasteiger partial charge in [-0.25, -0.2) is 0 Å². The highest BCUT2D eigenvalue weighted by atomic mass is 31.2. The summed E-state index contributed by atoms with van der Waals surface area (Å²) in [4.78, 5) is 20.6. The molecule has 0 fully saturated rings. The van der Waals surface area contributed by atoms with E-state index in [1.807, 2.05) is 0 Å². The third-order valence-corrected chi connectivity index (χ3v) is 3.31. The lowest BCUT2D eigenvalue weighted by atomic mass is 10.3. The van der Waals surface area contributed by atoms with E-state index in [4.69, 9.17) is 10.2 Å². The van der Waals surface area contributed by atoms with Crippen molar-refractivity contribution in [3.63, 3.8) is 0 Å². The van der Waals surface area contributed by atoms with Gasteiger partial charge in [0.15, 0.2) is 0 Å². The number of hydrogen-bond acceptors (Lipinski definition) is 3. The van der Waals surface area contributed by atoms with Gasteiger partial charge in [-0.15, -0.1) is 0 Å². The zero-order valence-corrected chi connectivity index (χ0v) is 7.75. The Morgan fingerprint density at radius 2 is 1.75 bits per heavy atom. The lowest BCUT2D eigenvalue weighted by molar-refractivity contribution is -0.143. The van der Waals surface area contributed by atoms with Crippen LogP contribution in [0.5, 0.6) is 0 Å². The van der Waals surface area contributed by atoms with Crippen molar-refractivity contribution in [3.8, 4) is 0 Å². The van der Waals surface area contributed by atoms with E-state index >= 15 is 0 Å². The Balaban J connectivity index is 4.58. The Morgan fingerprint density at radius 3 is 1.83 bits per heavy atom. The monoisotopic (exact) mass is 194 g/mol. The van der Waals surface area contributed by atoms with Crippen LogP contribution in [0, 0.1) is 0 Å². The molecule has 0 aromatic heterocycles. The van der Waals surface area contributed by atoms with Crippen molar-refractivity contribution in [1.82, 2.24) is 0 Å². The van der Waals surface area contributed by atoms with Gasteiger partial charge >= 0.3 is 11.9 Å². The van der Waals surface area contributed by atoms with Gasteiger partial charge in [-0.05, 0) is 13.3 Å². The molecule has 0 aromatic rings. The van der Waals surface area contributed by atoms with Gasteiger partial charge in [0.1, 0.15) is 5.66 Å². The van der Waals surface area contributed by atoms with Crippen molar-refractivity contribution < 1.29 is 24.4 Å². The number of rotatable bonds is 4. The van der Waals surface area contributed by atoms with Crippen LogP contribution in [0.2, 0.25) is 0 Å². The molecule has 0 aromatic carbocycles. The maximum Gasteiger partial charge on any atom is 0.314 e. The Bertz CT molecular complexity index is 240. The molecule has 0 aliphatic carbocycles. The molecule has 12 heavy (non-hydrogen) atoms. The van der Waals surface area contributed by atoms with E-state index in [0.29, 0.717) is 0 Å². The Hall–Kier alpha value is -0.830. The predicted octanol–water partition coefficient (Wildman–Crippen LogP) is 0.537. The summed E-state index contributed by atoms with van der Waals surface area (Å²) < 4.78 is 11.2. The molecule has 70 valence electrons. The van der Waals surface area contributed by atoms with Gasteiger partial charge in [0.25, 0.3) is 0 Å². The molecule has 0 amide bonds. The summed E-state index contributed by atoms with van der Waals surface area (Å²) in [6, 6.07) is 0. The Labute approximate surface area is 69.8 Å². The van der Waals surface area contributed by atoms with Crippen LogP contribution in [0.4, 0.5) is 0 Å². The first kappa shape index (κ1) is 11.2. The van der Waals surface area contributed by atoms with Crippen molar-refractivity contribution in [2.24, 2.45) is 0 Å². The number of aliphatic carboxylic acids is 2. The van der Waals surface area contributed by atoms with E-state index in [-0.39, 0.29) is 0 Å². The lowest BCUT2D eigenvalue weighted by Gasteiger charge is -2.13. The molecule has 1 atom stereocenters. The van der Waals surface area contributed by atoms with Crippen molar-refractivity contribution in [1.29, 1.82) is 0 Å². The summed E-state index contributed by atoms with van der Waals surface area (Å²) in [5.41, 5.74) is -1.27. The van der Waals surface area contributed by atoms with Crippen LogP contribution in [0.1, 0.15) is 6.42 Å². The molecule has 0 aliphatic rings. The number of carbonyl (C=O) groups is 2. The fourth-order valence-corrected chi connectivity index (χ4v) is 1.87. The Kier molecular flexibility index (Phi) is 3.46. The molecule has 0 rings (SSSR count). The molecule has 0 saturated carbocycles. The van der Waals surface area contributed by atoms with Gasteiger partial charge in [0, 0.05) is 0 Å². The zero-order valence-electron chi connectivity index (χ0n) is 6.85. The third-order valence-electron chi connectivity index (χ3n) is 1.40. The second-order valence-corrected chi connectivity index (χ2v) is 6.38. The quantitative estimate of drug-likeness (QED) is 0.637. The molecule has 2 N–H and O–H groups in total. The number of hydrogen-bond donors (Lipinski definition) is 2. The van der Waals surface area contributed by atoms with E-state index < -0.39 is 31.2 Å². The van der Waals surface area contributed by atoms with Gasteiger partial charge in [-0.3, -0.25) is 9.59 Å². The van der Waals surface area contributed by atoms with Crippen molar-refractivity contribution in [2.45, 2.75) is 12.1 Å². The fourth-order valence-electron chi connectivity index (χ4n) is 0.739. The maximum absolute atomic E-state index is 11.2. The fraction of sp³-hybridized carbons (Fsp3) is 0.667. The standard InChI is InChI=1S/C6H11O5P/c1-12(2,11)4(6(9)10)3-5(7)8/h4H,3H2,1-2H3,(H,7,8)(H,9,10). The minimum absolute atomic E-state index is 0.584. The van der Waals surface area contributed by atoms with Crippen LogP contribution in [0.3, 0.4) is 0 Å². The van der Waals surface area contributed by atoms with Crippen LogP contribution in [-0.2, 0) is 14.2 Å². The minimum Gasteiger partial charge on any atom is -0.481 e. The normalized spacial score (nSPS) is 13.8. The first-order valence-electron chi connectivity index (χ1n) is 3.24. The molecule has 0 aliphatic heterocycles. The molecule has 0 radical (unpaired) electrons. The smallest absolute Gasteiger partial charge is 0.314 e. The number of carboxylic acid groups (broad SMARTS) is 2. The van der Waals surface area contributed by atoms with Crippen LogP contribution >= 0.6 is 7.14 Å². The molecule has 0 bridgehead atoms. The van der Waals surface area contributed by atoms with Crippen LogP contribution in [-0.4, -0.2) is 41.1 Å². The zero-order chi connectivity index (χ0) is 9.94. The molecule has 6 heteroatoms. The van der Waals surface area contributed by atoms with E-state index in [1.165, 1.54) is 13.3 Å². The first-order valence-corrected chi connectivity index (χ1v) is 5.91. The van der Waals surface area contributed by atoms with E-state index in [2.05, 4.69) is 0 Å². The maximum atomic E-state index is 11.2. The summed E-state index contributed by atoms with van der Waals surface area (Å²) >= 11 is 0. The van der Waals surface area contributed by atoms with Gasteiger partial charge in [0.05, 0.1) is 13.6 Å². The topological polar surface area (TPSA) is 91.7 Å². The summed E-state index contributed by atoms with van der Waals surface area (Å²) in [7, 11) is -2.87. The van der Waals surface area contributed by atoms with E-state index in [9.17, 15) is 14.2 Å². The highest BCUT2D eigenvalue weighted by Gasteiger charge is 2.32. The third kappa shape index (κ3) is 3.53. The average molecular weight is 194 g/mol. The van der Waals surface area contributed by atoms with Crippen LogP contribution in [0.15, 0.2) is 0 Å². The van der Waals surface area contributed by atoms with Crippen LogP contribution < -0.4 is 0 Å². The molecule has 0 heterocycles. The van der Waals surface area contributed by atoms with Crippen molar-refractivity contribution in [2.75, 3.05) is 13.3 Å². The first-order chi connectivity index (χ1) is 5.25. The molecular formula is C6H11O5P. The van der Waals surface area contributed by atoms with Gasteiger partial charge in [-0.1, -0.05) is 0 Å². The lowest BCUT2D eigenvalue weighted by Crippen LogP contribution is -2.23. The van der Waals surface area contributed by atoms with Gasteiger partial charge in [0.2, 0.25) is 0 Å². The van der Waals surface area contributed by atoms with Gasteiger partial charge < -0.3 is 14.8 Å². The summed E-state index contributed by atoms with van der Waals surface area (Å²) in [6.45, 7) is 2.55. The van der Waals surface area contributed by atoms with E-state index in [1.54, 1.807) is 0 Å². The largest absolute Gasteiger partial charge is 0.481 e. The van der Waals surface area contributed by atoms with Crippen molar-refractivity contribution in [3.05, 3.63) is 0 Å². The second-order valence-electron chi connectivity index (χ2n) is 2.89. The average Bonchev–Trinajstić information content (AvgIpc) is 1.79. The molecular weight excluding hydrogens is 183 g/mol. The molecule has 1 unspecified atom stereocenters. The molecule has 5 nitrogen and oxygen atoms in total. The summed E-state index contributed by atoms with van der Waals surface area (Å²) in [6.07, 6.45) is -0.584. The molecule has 0 saturated heterocycles. The summed E-state index contributed by atoms with van der Waals surface area (Å²) in [5.74, 6) is -2.56. The minimum atomic E-state index is -2.87. The highest BCUT2D eigenvalue weighted by molar-refractivity contribution is 7.64.